The molecule has 0 amide bonds. The molecule has 18 heavy (non-hydrogen) atoms. The molecule has 2 fully saturated rings. The molecule has 0 atom stereocenters. The van der Waals surface area contributed by atoms with E-state index < -0.39 is 0 Å². The van der Waals surface area contributed by atoms with Gasteiger partial charge in [-0.3, -0.25) is 0 Å². The Morgan fingerprint density at radius 2 is 1.56 bits per heavy atom. The molecule has 4 heteroatoms. The average Bonchev–Trinajstić information content (AvgIpc) is 2.45. The van der Waals surface area contributed by atoms with Crippen LogP contribution < -0.4 is 0 Å². The summed E-state index contributed by atoms with van der Waals surface area (Å²) in [6, 6.07) is 0. The number of rotatable bonds is 4. The van der Waals surface area contributed by atoms with Gasteiger partial charge in [-0.05, 0) is 38.5 Å². The van der Waals surface area contributed by atoms with E-state index >= 15 is 0 Å². The van der Waals surface area contributed by atoms with Crippen molar-refractivity contribution in [3.05, 3.63) is 0 Å². The van der Waals surface area contributed by atoms with Crippen LogP contribution in [0.2, 0.25) is 0 Å². The Labute approximate surface area is 109 Å². The monoisotopic (exact) mass is 252 g/mol. The molecule has 0 bridgehead atoms. The summed E-state index contributed by atoms with van der Waals surface area (Å²) in [6.45, 7) is 0. The summed E-state index contributed by atoms with van der Waals surface area (Å²) in [5, 5.41) is 16.1. The molecule has 1 N–H and O–H groups in total. The molecule has 0 aromatic carbocycles. The van der Waals surface area contributed by atoms with E-state index in [1.807, 2.05) is 0 Å². The maximum absolute atomic E-state index is 8.74. The molecule has 2 rings (SSSR count). The van der Waals surface area contributed by atoms with Crippen LogP contribution >= 0.6 is 0 Å². The van der Waals surface area contributed by atoms with Crippen LogP contribution in [0.3, 0.4) is 0 Å². The second-order valence-electron chi connectivity index (χ2n) is 5.46. The molecule has 0 spiro atoms. The zero-order valence-electron chi connectivity index (χ0n) is 11.1. The molecular formula is C14H24N2O2. The highest BCUT2D eigenvalue weighted by atomic mass is 16.6. The van der Waals surface area contributed by atoms with Crippen molar-refractivity contribution < 1.29 is 10.0 Å². The van der Waals surface area contributed by atoms with Gasteiger partial charge < -0.3 is 10.0 Å². The Morgan fingerprint density at radius 1 is 0.944 bits per heavy atom. The molecule has 2 aliphatic carbocycles. The third-order valence-corrected chi connectivity index (χ3v) is 4.07. The van der Waals surface area contributed by atoms with E-state index in [4.69, 9.17) is 10.0 Å². The van der Waals surface area contributed by atoms with Gasteiger partial charge in [-0.2, -0.15) is 0 Å². The molecule has 0 radical (unpaired) electrons. The molecule has 102 valence electrons. The summed E-state index contributed by atoms with van der Waals surface area (Å²) < 4.78 is 0. The Kier molecular flexibility index (Phi) is 5.49. The highest BCUT2D eigenvalue weighted by Gasteiger charge is 2.20. The third kappa shape index (κ3) is 4.00. The molecule has 2 saturated carbocycles. The first-order chi connectivity index (χ1) is 8.90. The zero-order valence-corrected chi connectivity index (χ0v) is 11.1. The third-order valence-electron chi connectivity index (χ3n) is 4.07. The predicted molar refractivity (Wildman–Crippen MR) is 72.2 cm³/mol. The maximum Gasteiger partial charge on any atom is 0.127 e. The molecule has 0 aliphatic heterocycles. The minimum atomic E-state index is 0.268. The fourth-order valence-electron chi connectivity index (χ4n) is 2.97. The van der Waals surface area contributed by atoms with Crippen LogP contribution in [-0.4, -0.2) is 23.2 Å². The highest BCUT2D eigenvalue weighted by Crippen LogP contribution is 2.25. The fourth-order valence-corrected chi connectivity index (χ4v) is 2.97. The predicted octanol–water partition coefficient (Wildman–Crippen LogP) is 3.73. The van der Waals surface area contributed by atoms with Crippen molar-refractivity contribution in [3.63, 3.8) is 0 Å². The summed E-state index contributed by atoms with van der Waals surface area (Å²) in [6.07, 6.45) is 13.8. The lowest BCUT2D eigenvalue weighted by molar-refractivity contribution is 0.0322. The lowest BCUT2D eigenvalue weighted by Crippen LogP contribution is -2.21. The molecule has 0 unspecified atom stereocenters. The quantitative estimate of drug-likeness (QED) is 0.471. The van der Waals surface area contributed by atoms with Crippen LogP contribution in [0.1, 0.15) is 64.2 Å². The standard InChI is InChI=1S/C14H24N2O2/c17-15-11-14(12-7-3-1-4-8-12)16-18-13-9-5-2-6-10-13/h11-13,17H,1-10H2. The second kappa shape index (κ2) is 7.39. The van der Waals surface area contributed by atoms with Gasteiger partial charge in [0.05, 0.1) is 6.21 Å². The summed E-state index contributed by atoms with van der Waals surface area (Å²) in [5.41, 5.74) is 0.822. The number of hydrogen-bond acceptors (Lipinski definition) is 4. The molecule has 4 nitrogen and oxygen atoms in total. The van der Waals surface area contributed by atoms with E-state index in [9.17, 15) is 0 Å². The number of hydrogen-bond donors (Lipinski definition) is 1. The largest absolute Gasteiger partial charge is 0.411 e. The topological polar surface area (TPSA) is 54.2 Å². The highest BCUT2D eigenvalue weighted by molar-refractivity contribution is 6.31. The van der Waals surface area contributed by atoms with Gasteiger partial charge in [-0.1, -0.05) is 36.0 Å². The van der Waals surface area contributed by atoms with Gasteiger partial charge in [-0.15, -0.1) is 0 Å². The first-order valence-electron chi connectivity index (χ1n) is 7.31. The minimum Gasteiger partial charge on any atom is -0.411 e. The number of oxime groups is 2. The average molecular weight is 252 g/mol. The van der Waals surface area contributed by atoms with E-state index in [-0.39, 0.29) is 6.10 Å². The van der Waals surface area contributed by atoms with Crippen LogP contribution in [0.5, 0.6) is 0 Å². The maximum atomic E-state index is 8.74. The van der Waals surface area contributed by atoms with Crippen molar-refractivity contribution >= 4 is 11.9 Å². The van der Waals surface area contributed by atoms with Crippen molar-refractivity contribution in [3.8, 4) is 0 Å². The Morgan fingerprint density at radius 3 is 2.17 bits per heavy atom. The lowest BCUT2D eigenvalue weighted by atomic mass is 9.86. The van der Waals surface area contributed by atoms with Crippen LogP contribution in [0.25, 0.3) is 0 Å². The molecule has 0 heterocycles. The second-order valence-corrected chi connectivity index (χ2v) is 5.46. The molecule has 0 aromatic rings. The minimum absolute atomic E-state index is 0.268. The van der Waals surface area contributed by atoms with Gasteiger partial charge in [0.1, 0.15) is 11.8 Å². The van der Waals surface area contributed by atoms with Crippen molar-refractivity contribution in [2.45, 2.75) is 70.3 Å². The summed E-state index contributed by atoms with van der Waals surface area (Å²) in [4.78, 5) is 5.64. The van der Waals surface area contributed by atoms with Crippen molar-refractivity contribution in [2.75, 3.05) is 0 Å². The molecule has 0 saturated heterocycles. The summed E-state index contributed by atoms with van der Waals surface area (Å²) >= 11 is 0. The summed E-state index contributed by atoms with van der Waals surface area (Å²) in [7, 11) is 0. The van der Waals surface area contributed by atoms with E-state index in [1.54, 1.807) is 0 Å². The van der Waals surface area contributed by atoms with E-state index in [0.717, 1.165) is 31.4 Å². The fraction of sp³-hybridized carbons (Fsp3) is 0.857. The van der Waals surface area contributed by atoms with E-state index in [1.165, 1.54) is 44.7 Å². The Hall–Kier alpha value is -1.06. The van der Waals surface area contributed by atoms with Gasteiger partial charge in [0.25, 0.3) is 0 Å². The summed E-state index contributed by atoms with van der Waals surface area (Å²) in [5.74, 6) is 0.415. The van der Waals surface area contributed by atoms with Gasteiger partial charge in [0, 0.05) is 5.92 Å². The van der Waals surface area contributed by atoms with E-state index in [2.05, 4.69) is 10.3 Å². The van der Waals surface area contributed by atoms with Crippen molar-refractivity contribution in [1.29, 1.82) is 0 Å². The van der Waals surface area contributed by atoms with Gasteiger partial charge in [0.2, 0.25) is 0 Å². The normalized spacial score (nSPS) is 24.6. The Bertz CT molecular complexity index is 290. The zero-order chi connectivity index (χ0) is 12.6. The van der Waals surface area contributed by atoms with Crippen molar-refractivity contribution in [2.24, 2.45) is 16.2 Å². The number of nitrogens with zero attached hydrogens (tertiary/aromatic N) is 2. The molecule has 0 aromatic heterocycles. The van der Waals surface area contributed by atoms with Crippen LogP contribution in [0, 0.1) is 5.92 Å². The van der Waals surface area contributed by atoms with Crippen LogP contribution in [0.4, 0.5) is 0 Å². The Balaban J connectivity index is 1.90. The van der Waals surface area contributed by atoms with E-state index in [0.29, 0.717) is 5.92 Å². The van der Waals surface area contributed by atoms with Gasteiger partial charge in [0.15, 0.2) is 0 Å². The SMILES string of the molecule is ON=CC(=NOC1CCCCC1)C1CCCCC1. The lowest BCUT2D eigenvalue weighted by Gasteiger charge is -2.23. The van der Waals surface area contributed by atoms with Gasteiger partial charge in [-0.25, -0.2) is 0 Å². The molecular weight excluding hydrogens is 228 g/mol. The molecule has 2 aliphatic rings. The van der Waals surface area contributed by atoms with Crippen molar-refractivity contribution in [1.82, 2.24) is 0 Å². The smallest absolute Gasteiger partial charge is 0.127 e. The first-order valence-corrected chi connectivity index (χ1v) is 7.31. The first kappa shape index (κ1) is 13.4. The van der Waals surface area contributed by atoms with Crippen LogP contribution in [0.15, 0.2) is 10.3 Å². The van der Waals surface area contributed by atoms with Crippen LogP contribution in [-0.2, 0) is 4.84 Å². The van der Waals surface area contributed by atoms with Gasteiger partial charge >= 0.3 is 0 Å².